The number of carbonyl (C=O) groups is 4. The molecule has 290 valence electrons. The third-order valence-electron chi connectivity index (χ3n) is 8.85. The van der Waals surface area contributed by atoms with Crippen molar-refractivity contribution < 1.29 is 42.9 Å². The largest absolute Gasteiger partial charge is 0.457 e. The fourth-order valence-electron chi connectivity index (χ4n) is 5.73. The van der Waals surface area contributed by atoms with Crippen molar-refractivity contribution in [2.24, 2.45) is 0 Å². The van der Waals surface area contributed by atoms with Gasteiger partial charge in [0, 0.05) is 25.8 Å². The van der Waals surface area contributed by atoms with Gasteiger partial charge in [-0.25, -0.2) is 0 Å². The Hall–Kier alpha value is -2.62. The zero-order chi connectivity index (χ0) is 36.8. The third-order valence-corrected chi connectivity index (χ3v) is 8.85. The number of hydrogen-bond donors (Lipinski definition) is 0. The van der Waals surface area contributed by atoms with E-state index in [1.165, 1.54) is 57.8 Å². The van der Waals surface area contributed by atoms with Crippen molar-refractivity contribution in [1.82, 2.24) is 4.90 Å². The second-order valence-electron chi connectivity index (χ2n) is 14.0. The molecule has 0 aromatic rings. The summed E-state index contributed by atoms with van der Waals surface area (Å²) in [6, 6.07) is 0. The Balaban J connectivity index is 3.00. The van der Waals surface area contributed by atoms with Gasteiger partial charge < -0.3 is 28.6 Å². The van der Waals surface area contributed by atoms with E-state index in [4.69, 9.17) is 23.7 Å². The average molecular weight is 710 g/mol. The highest BCUT2D eigenvalue weighted by atomic mass is 16.7. The summed E-state index contributed by atoms with van der Waals surface area (Å²) in [6.07, 6.45) is 20.1. The van der Waals surface area contributed by atoms with Crippen LogP contribution >= 0.6 is 0 Å². The lowest BCUT2D eigenvalue weighted by molar-refractivity contribution is -0.193. The summed E-state index contributed by atoms with van der Waals surface area (Å²) in [7, 11) is 3.71. The van der Waals surface area contributed by atoms with Gasteiger partial charge >= 0.3 is 23.9 Å². The van der Waals surface area contributed by atoms with Crippen LogP contribution in [0.2, 0.25) is 0 Å². The zero-order valence-corrected chi connectivity index (χ0v) is 32.4. The molecule has 1 unspecified atom stereocenters. The van der Waals surface area contributed by atoms with Crippen LogP contribution in [0.3, 0.4) is 0 Å². The summed E-state index contributed by atoms with van der Waals surface area (Å²) in [5.74, 6) is -2.01. The molecule has 10 heteroatoms. The number of carbonyl (C=O) groups excluding carboxylic acids is 4. The fraction of sp³-hybridized carbons (Fsp3) is 0.850. The first-order valence-electron chi connectivity index (χ1n) is 20.0. The Morgan fingerprint density at radius 3 is 1.42 bits per heavy atom. The van der Waals surface area contributed by atoms with Crippen LogP contribution in [0.1, 0.15) is 181 Å². The highest BCUT2D eigenvalue weighted by Gasteiger charge is 2.45. The van der Waals surface area contributed by atoms with Crippen molar-refractivity contribution in [3.05, 3.63) is 11.5 Å². The van der Waals surface area contributed by atoms with Gasteiger partial charge in [0.1, 0.15) is 0 Å². The quantitative estimate of drug-likeness (QED) is 0.0380. The maximum Gasteiger partial charge on any atom is 0.311 e. The van der Waals surface area contributed by atoms with Crippen LogP contribution in [0.25, 0.3) is 0 Å². The van der Waals surface area contributed by atoms with E-state index in [-0.39, 0.29) is 43.8 Å². The van der Waals surface area contributed by atoms with Crippen molar-refractivity contribution in [3.63, 3.8) is 0 Å². The van der Waals surface area contributed by atoms with Crippen LogP contribution in [0.15, 0.2) is 11.5 Å². The van der Waals surface area contributed by atoms with E-state index in [1.807, 2.05) is 19.0 Å². The van der Waals surface area contributed by atoms with Crippen LogP contribution in [0.4, 0.5) is 0 Å². The van der Waals surface area contributed by atoms with Gasteiger partial charge in [0.05, 0.1) is 6.42 Å². The molecule has 1 rings (SSSR count). The molecular formula is C40H71NO9. The van der Waals surface area contributed by atoms with Gasteiger partial charge in [-0.15, -0.1) is 0 Å². The van der Waals surface area contributed by atoms with E-state index in [2.05, 4.69) is 20.8 Å². The first-order valence-corrected chi connectivity index (χ1v) is 20.0. The predicted molar refractivity (Wildman–Crippen MR) is 196 cm³/mol. The van der Waals surface area contributed by atoms with Gasteiger partial charge in [-0.1, -0.05) is 136 Å². The summed E-state index contributed by atoms with van der Waals surface area (Å²) in [5.41, 5.74) is 0. The molecule has 2 atom stereocenters. The Morgan fingerprint density at radius 2 is 0.960 bits per heavy atom. The van der Waals surface area contributed by atoms with E-state index in [0.717, 1.165) is 57.8 Å². The average Bonchev–Trinajstić information content (AvgIpc) is 3.39. The first-order chi connectivity index (χ1) is 24.2. The first kappa shape index (κ1) is 45.4. The lowest BCUT2D eigenvalue weighted by Crippen LogP contribution is -2.35. The van der Waals surface area contributed by atoms with Gasteiger partial charge in [-0.05, 0) is 33.4 Å². The number of nitrogens with zero attached hydrogens (tertiary/aromatic N) is 1. The molecule has 1 heterocycles. The van der Waals surface area contributed by atoms with Crippen LogP contribution < -0.4 is 0 Å². The standard InChI is InChI=1S/C40H71NO9/c1-6-9-12-15-18-21-24-27-35(43)48-38-33(32-46-34(42)30-31-41(4)5)47-40(50-37(45)29-26-23-20-17-14-11-8-3)39(38)49-36(44)28-25-22-19-16-13-10-7-2/h39-40H,6-32H2,1-5H3/t39?,40-/m0/s1. The monoisotopic (exact) mass is 710 g/mol. The normalized spacial score (nSPS) is 15.6. The Bertz CT molecular complexity index is 964. The van der Waals surface area contributed by atoms with Crippen molar-refractivity contribution in [2.45, 2.75) is 194 Å². The summed E-state index contributed by atoms with van der Waals surface area (Å²) in [6.45, 7) is 6.69. The van der Waals surface area contributed by atoms with Gasteiger partial charge in [-0.3, -0.25) is 19.2 Å². The lowest BCUT2D eigenvalue weighted by Gasteiger charge is -2.21. The van der Waals surface area contributed by atoms with Crippen molar-refractivity contribution >= 4 is 23.9 Å². The molecule has 0 amide bonds. The highest BCUT2D eigenvalue weighted by molar-refractivity contribution is 5.73. The molecule has 50 heavy (non-hydrogen) atoms. The summed E-state index contributed by atoms with van der Waals surface area (Å²) >= 11 is 0. The van der Waals surface area contributed by atoms with Gasteiger partial charge in [-0.2, -0.15) is 0 Å². The lowest BCUT2D eigenvalue weighted by atomic mass is 10.1. The number of rotatable bonds is 32. The predicted octanol–water partition coefficient (Wildman–Crippen LogP) is 9.47. The second kappa shape index (κ2) is 30.0. The molecule has 0 aromatic heterocycles. The SMILES string of the molecule is CCCCCCCCCC(=O)OC1=C(COC(=O)CCN(C)C)O[C@@H](OC(=O)CCCCCCCCC)C1OC(=O)CCCCCCCCC. The van der Waals surface area contributed by atoms with E-state index >= 15 is 0 Å². The Kier molecular flexibility index (Phi) is 27.3. The molecule has 1 aliphatic heterocycles. The maximum atomic E-state index is 13.1. The highest BCUT2D eigenvalue weighted by Crippen LogP contribution is 2.32. The van der Waals surface area contributed by atoms with E-state index in [9.17, 15) is 19.2 Å². The molecule has 0 saturated carbocycles. The minimum atomic E-state index is -1.35. The molecule has 1 aliphatic rings. The smallest absolute Gasteiger partial charge is 0.311 e. The molecule has 0 saturated heterocycles. The van der Waals surface area contributed by atoms with Crippen LogP contribution in [-0.2, 0) is 42.9 Å². The molecule has 0 aliphatic carbocycles. The molecule has 0 spiro atoms. The summed E-state index contributed by atoms with van der Waals surface area (Å²) in [4.78, 5) is 53.4. The van der Waals surface area contributed by atoms with E-state index in [0.29, 0.717) is 25.8 Å². The van der Waals surface area contributed by atoms with Crippen molar-refractivity contribution in [1.29, 1.82) is 0 Å². The zero-order valence-electron chi connectivity index (χ0n) is 32.4. The molecule has 0 bridgehead atoms. The molecule has 0 radical (unpaired) electrons. The Morgan fingerprint density at radius 1 is 0.540 bits per heavy atom. The second-order valence-corrected chi connectivity index (χ2v) is 14.0. The number of ether oxygens (including phenoxy) is 5. The van der Waals surface area contributed by atoms with Gasteiger partial charge in [0.15, 0.2) is 18.1 Å². The number of unbranched alkanes of at least 4 members (excludes halogenated alkanes) is 18. The molecule has 0 N–H and O–H groups in total. The molecular weight excluding hydrogens is 638 g/mol. The van der Waals surface area contributed by atoms with Crippen LogP contribution in [-0.4, -0.2) is 68.4 Å². The van der Waals surface area contributed by atoms with Crippen LogP contribution in [0, 0.1) is 0 Å². The van der Waals surface area contributed by atoms with E-state index < -0.39 is 36.3 Å². The minimum absolute atomic E-state index is 0.0126. The van der Waals surface area contributed by atoms with Crippen molar-refractivity contribution in [2.75, 3.05) is 27.2 Å². The number of esters is 4. The minimum Gasteiger partial charge on any atom is -0.457 e. The topological polar surface area (TPSA) is 118 Å². The fourth-order valence-corrected chi connectivity index (χ4v) is 5.73. The van der Waals surface area contributed by atoms with Crippen molar-refractivity contribution in [3.8, 4) is 0 Å². The van der Waals surface area contributed by atoms with E-state index in [1.54, 1.807) is 0 Å². The Labute approximate surface area is 303 Å². The summed E-state index contributed by atoms with van der Waals surface area (Å²) < 4.78 is 28.8. The molecule has 0 aromatic carbocycles. The maximum absolute atomic E-state index is 13.1. The number of hydrogen-bond acceptors (Lipinski definition) is 10. The molecule has 0 fully saturated rings. The van der Waals surface area contributed by atoms with Crippen LogP contribution in [0.5, 0.6) is 0 Å². The van der Waals surface area contributed by atoms with Gasteiger partial charge in [0.25, 0.3) is 6.29 Å². The van der Waals surface area contributed by atoms with Gasteiger partial charge in [0.2, 0.25) is 6.10 Å². The third kappa shape index (κ3) is 23.0. The molecule has 10 nitrogen and oxygen atoms in total. The summed E-state index contributed by atoms with van der Waals surface area (Å²) in [5, 5.41) is 0.